The molecule has 1 aromatic carbocycles. The summed E-state index contributed by atoms with van der Waals surface area (Å²) in [5, 5.41) is 2.82. The first-order valence-corrected chi connectivity index (χ1v) is 6.52. The van der Waals surface area contributed by atoms with Crippen LogP contribution in [-0.2, 0) is 14.3 Å². The van der Waals surface area contributed by atoms with Gasteiger partial charge in [0.05, 0.1) is 13.2 Å². The quantitative estimate of drug-likeness (QED) is 0.836. The zero-order valence-electron chi connectivity index (χ0n) is 10.0. The Morgan fingerprint density at radius 2 is 1.94 bits per heavy atom. The maximum Gasteiger partial charge on any atom is 0.224 e. The van der Waals surface area contributed by atoms with E-state index in [2.05, 4.69) is 5.32 Å². The summed E-state index contributed by atoms with van der Waals surface area (Å²) in [6, 6.07) is 7.48. The summed E-state index contributed by atoms with van der Waals surface area (Å²) < 4.78 is 10.8. The zero-order valence-corrected chi connectivity index (χ0v) is 10.8. The third-order valence-electron chi connectivity index (χ3n) is 2.63. The van der Waals surface area contributed by atoms with Crippen molar-refractivity contribution < 1.29 is 14.3 Å². The second-order valence-corrected chi connectivity index (χ2v) is 4.41. The molecule has 0 unspecified atom stereocenters. The Hall–Kier alpha value is -1.10. The number of carbonyl (C=O) groups is 1. The van der Waals surface area contributed by atoms with E-state index in [0.717, 1.165) is 11.3 Å². The van der Waals surface area contributed by atoms with Crippen molar-refractivity contribution in [2.45, 2.75) is 19.1 Å². The van der Waals surface area contributed by atoms with Crippen molar-refractivity contribution in [3.05, 3.63) is 29.8 Å². The van der Waals surface area contributed by atoms with Crippen molar-refractivity contribution in [1.29, 1.82) is 0 Å². The van der Waals surface area contributed by atoms with Crippen LogP contribution in [0.5, 0.6) is 0 Å². The lowest BCUT2D eigenvalue weighted by molar-refractivity contribution is -0.116. The molecule has 2 rings (SSSR count). The molecule has 0 aliphatic carbocycles. The monoisotopic (exact) mass is 269 g/mol. The molecule has 4 nitrogen and oxygen atoms in total. The Kier molecular flexibility index (Phi) is 4.99. The van der Waals surface area contributed by atoms with Gasteiger partial charge in [-0.25, -0.2) is 0 Å². The van der Waals surface area contributed by atoms with Crippen LogP contribution in [0.1, 0.15) is 24.7 Å². The largest absolute Gasteiger partial charge is 0.346 e. The molecule has 1 aromatic rings. The van der Waals surface area contributed by atoms with Gasteiger partial charge in [-0.2, -0.15) is 0 Å². The predicted molar refractivity (Wildman–Crippen MR) is 69.7 cm³/mol. The first kappa shape index (κ1) is 13.3. The van der Waals surface area contributed by atoms with Crippen LogP contribution in [0.4, 0.5) is 5.69 Å². The van der Waals surface area contributed by atoms with Gasteiger partial charge >= 0.3 is 0 Å². The number of halogens is 1. The van der Waals surface area contributed by atoms with E-state index in [1.54, 1.807) is 0 Å². The number of benzene rings is 1. The zero-order chi connectivity index (χ0) is 12.8. The van der Waals surface area contributed by atoms with E-state index in [0.29, 0.717) is 31.9 Å². The molecule has 1 amide bonds. The van der Waals surface area contributed by atoms with Crippen molar-refractivity contribution in [3.63, 3.8) is 0 Å². The molecule has 18 heavy (non-hydrogen) atoms. The fourth-order valence-corrected chi connectivity index (χ4v) is 1.86. The summed E-state index contributed by atoms with van der Waals surface area (Å²) in [6.07, 6.45) is 0.862. The Labute approximate surface area is 111 Å². The fraction of sp³-hybridized carbons (Fsp3) is 0.462. The van der Waals surface area contributed by atoms with Crippen LogP contribution in [0.25, 0.3) is 0 Å². The average Bonchev–Trinajstić information content (AvgIpc) is 2.91. The van der Waals surface area contributed by atoms with E-state index in [1.165, 1.54) is 0 Å². The molecule has 0 aromatic heterocycles. The normalized spacial score (nSPS) is 15.8. The van der Waals surface area contributed by atoms with Crippen molar-refractivity contribution in [1.82, 2.24) is 0 Å². The summed E-state index contributed by atoms with van der Waals surface area (Å²) in [5.41, 5.74) is 1.74. The lowest BCUT2D eigenvalue weighted by Gasteiger charge is -2.10. The molecule has 98 valence electrons. The molecule has 1 heterocycles. The maximum absolute atomic E-state index is 11.5. The number of anilines is 1. The third kappa shape index (κ3) is 3.70. The number of carbonyl (C=O) groups excluding carboxylic acids is 1. The second-order valence-electron chi connectivity index (χ2n) is 4.04. The molecule has 1 saturated heterocycles. The molecule has 0 radical (unpaired) electrons. The van der Waals surface area contributed by atoms with Gasteiger partial charge in [-0.3, -0.25) is 4.79 Å². The fourth-order valence-electron chi connectivity index (χ4n) is 1.73. The van der Waals surface area contributed by atoms with Crippen LogP contribution in [0, 0.1) is 0 Å². The Bertz CT molecular complexity index is 388. The average molecular weight is 270 g/mol. The summed E-state index contributed by atoms with van der Waals surface area (Å²) in [7, 11) is 0. The molecule has 1 aliphatic heterocycles. The van der Waals surface area contributed by atoms with Gasteiger partial charge < -0.3 is 14.8 Å². The van der Waals surface area contributed by atoms with Gasteiger partial charge in [0.15, 0.2) is 6.29 Å². The maximum atomic E-state index is 11.5. The van der Waals surface area contributed by atoms with Crippen LogP contribution in [0.2, 0.25) is 0 Å². The van der Waals surface area contributed by atoms with Crippen molar-refractivity contribution in [3.8, 4) is 0 Å². The molecule has 1 aliphatic rings. The summed E-state index contributed by atoms with van der Waals surface area (Å²) in [5.74, 6) is 0.486. The van der Waals surface area contributed by atoms with Crippen molar-refractivity contribution >= 4 is 23.2 Å². The second kappa shape index (κ2) is 6.73. The highest BCUT2D eigenvalue weighted by atomic mass is 35.5. The SMILES string of the molecule is O=C(CCCCl)Nc1ccc(C2OCCO2)cc1. The van der Waals surface area contributed by atoms with E-state index in [4.69, 9.17) is 21.1 Å². The molecule has 1 fully saturated rings. The summed E-state index contributed by atoms with van der Waals surface area (Å²) in [4.78, 5) is 11.5. The Balaban J connectivity index is 1.88. The molecule has 0 saturated carbocycles. The standard InChI is InChI=1S/C13H16ClNO3/c14-7-1-2-12(16)15-11-5-3-10(4-6-11)13-17-8-9-18-13/h3-6,13H,1-2,7-9H2,(H,15,16). The van der Waals surface area contributed by atoms with Crippen LogP contribution >= 0.6 is 11.6 Å². The third-order valence-corrected chi connectivity index (χ3v) is 2.89. The van der Waals surface area contributed by atoms with Gasteiger partial charge in [-0.15, -0.1) is 11.6 Å². The number of rotatable bonds is 5. The minimum atomic E-state index is -0.272. The minimum absolute atomic E-state index is 0.0169. The number of alkyl halides is 1. The van der Waals surface area contributed by atoms with E-state index in [9.17, 15) is 4.79 Å². The number of nitrogens with one attached hydrogen (secondary N) is 1. The Morgan fingerprint density at radius 1 is 1.28 bits per heavy atom. The number of hydrogen-bond acceptors (Lipinski definition) is 3. The summed E-state index contributed by atoms with van der Waals surface area (Å²) >= 11 is 5.53. The van der Waals surface area contributed by atoms with Crippen molar-refractivity contribution in [2.75, 3.05) is 24.4 Å². The van der Waals surface area contributed by atoms with E-state index in [-0.39, 0.29) is 12.2 Å². The number of hydrogen-bond donors (Lipinski definition) is 1. The topological polar surface area (TPSA) is 47.6 Å². The first-order chi connectivity index (χ1) is 8.79. The van der Waals surface area contributed by atoms with Gasteiger partial charge in [-0.1, -0.05) is 12.1 Å². The first-order valence-electron chi connectivity index (χ1n) is 5.98. The molecular weight excluding hydrogens is 254 g/mol. The van der Waals surface area contributed by atoms with Gasteiger partial charge in [0, 0.05) is 23.6 Å². The van der Waals surface area contributed by atoms with Crippen LogP contribution in [0.3, 0.4) is 0 Å². The molecular formula is C13H16ClNO3. The molecule has 1 N–H and O–H groups in total. The van der Waals surface area contributed by atoms with Crippen LogP contribution in [-0.4, -0.2) is 25.0 Å². The molecule has 0 atom stereocenters. The highest BCUT2D eigenvalue weighted by Gasteiger charge is 2.17. The van der Waals surface area contributed by atoms with Crippen molar-refractivity contribution in [2.24, 2.45) is 0 Å². The lowest BCUT2D eigenvalue weighted by atomic mass is 10.2. The smallest absolute Gasteiger partial charge is 0.224 e. The van der Waals surface area contributed by atoms with Gasteiger partial charge in [-0.05, 0) is 18.6 Å². The van der Waals surface area contributed by atoms with Crippen LogP contribution in [0.15, 0.2) is 24.3 Å². The number of ether oxygens (including phenoxy) is 2. The molecule has 5 heteroatoms. The van der Waals surface area contributed by atoms with Gasteiger partial charge in [0.25, 0.3) is 0 Å². The van der Waals surface area contributed by atoms with E-state index >= 15 is 0 Å². The van der Waals surface area contributed by atoms with E-state index < -0.39 is 0 Å². The van der Waals surface area contributed by atoms with Gasteiger partial charge in [0.1, 0.15) is 0 Å². The molecule has 0 spiro atoms. The van der Waals surface area contributed by atoms with Gasteiger partial charge in [0.2, 0.25) is 5.91 Å². The Morgan fingerprint density at radius 3 is 2.56 bits per heavy atom. The molecule has 0 bridgehead atoms. The van der Waals surface area contributed by atoms with E-state index in [1.807, 2.05) is 24.3 Å². The highest BCUT2D eigenvalue weighted by Crippen LogP contribution is 2.24. The lowest BCUT2D eigenvalue weighted by Crippen LogP contribution is -2.11. The number of amides is 1. The highest BCUT2D eigenvalue weighted by molar-refractivity contribution is 6.18. The minimum Gasteiger partial charge on any atom is -0.346 e. The predicted octanol–water partition coefficient (Wildman–Crippen LogP) is 2.69. The summed E-state index contributed by atoms with van der Waals surface area (Å²) in [6.45, 7) is 1.25. The van der Waals surface area contributed by atoms with Crippen LogP contribution < -0.4 is 5.32 Å².